The van der Waals surface area contributed by atoms with E-state index in [0.29, 0.717) is 48.9 Å². The number of ether oxygens (including phenoxy) is 1. The molecule has 134 valence electrons. The summed E-state index contributed by atoms with van der Waals surface area (Å²) in [7, 11) is 0. The maximum absolute atomic E-state index is 12.5. The normalized spacial score (nSPS) is 18.0. The van der Waals surface area contributed by atoms with E-state index in [1.54, 1.807) is 6.08 Å². The monoisotopic (exact) mass is 353 g/mol. The highest BCUT2D eigenvalue weighted by Crippen LogP contribution is 2.20. The molecule has 2 aliphatic heterocycles. The molecule has 0 aliphatic carbocycles. The molecule has 0 spiro atoms. The lowest BCUT2D eigenvalue weighted by Crippen LogP contribution is -2.36. The molecule has 1 saturated heterocycles. The minimum atomic E-state index is -0.0112. The first-order valence-corrected chi connectivity index (χ1v) is 8.65. The molecule has 0 amide bonds. The Bertz CT molecular complexity index is 906. The number of morpholine rings is 1. The van der Waals surface area contributed by atoms with Gasteiger partial charge in [0.25, 0.3) is 0 Å². The van der Waals surface area contributed by atoms with Crippen LogP contribution >= 0.6 is 0 Å². The minimum absolute atomic E-state index is 0.00952. The summed E-state index contributed by atoms with van der Waals surface area (Å²) in [5, 5.41) is 0. The Morgan fingerprint density at radius 2 is 2.04 bits per heavy atom. The van der Waals surface area contributed by atoms with Gasteiger partial charge in [-0.1, -0.05) is 12.1 Å². The van der Waals surface area contributed by atoms with E-state index in [4.69, 9.17) is 9.15 Å². The number of allylic oxidation sites excluding steroid dienone is 1. The molecular weight excluding hydrogens is 334 g/mol. The summed E-state index contributed by atoms with van der Waals surface area (Å²) in [6.45, 7) is 2.66. The SMILES string of the molecule is O=C1C=C(N2CCOCC2)N=C(CC(=O)Cc2cccc3ocnc23)C1. The van der Waals surface area contributed by atoms with E-state index in [2.05, 4.69) is 9.98 Å². The van der Waals surface area contributed by atoms with Gasteiger partial charge in [-0.05, 0) is 11.6 Å². The van der Waals surface area contributed by atoms with E-state index >= 15 is 0 Å². The van der Waals surface area contributed by atoms with Crippen molar-refractivity contribution in [3.8, 4) is 0 Å². The van der Waals surface area contributed by atoms with Crippen LogP contribution in [0.15, 0.2) is 45.9 Å². The zero-order valence-electron chi connectivity index (χ0n) is 14.3. The van der Waals surface area contributed by atoms with Crippen LogP contribution < -0.4 is 0 Å². The van der Waals surface area contributed by atoms with Crippen molar-refractivity contribution in [3.63, 3.8) is 0 Å². The van der Waals surface area contributed by atoms with E-state index in [1.165, 1.54) is 6.39 Å². The Balaban J connectivity index is 1.46. The van der Waals surface area contributed by atoms with Crippen LogP contribution in [-0.2, 0) is 20.7 Å². The standard InChI is InChI=1S/C19H19N3O4/c23-15(8-13-2-1-3-17-19(13)20-12-26-17)9-14-10-16(24)11-18(21-14)22-4-6-25-7-5-22/h1-3,11-12H,4-10H2. The lowest BCUT2D eigenvalue weighted by molar-refractivity contribution is -0.117. The largest absolute Gasteiger partial charge is 0.443 e. The Hall–Kier alpha value is -2.80. The third-order valence-corrected chi connectivity index (χ3v) is 4.51. The summed E-state index contributed by atoms with van der Waals surface area (Å²) in [5.74, 6) is 0.643. The molecule has 26 heavy (non-hydrogen) atoms. The first-order valence-electron chi connectivity index (χ1n) is 8.65. The minimum Gasteiger partial charge on any atom is -0.443 e. The lowest BCUT2D eigenvalue weighted by atomic mass is 10.0. The number of fused-ring (bicyclic) bond motifs is 1. The highest BCUT2D eigenvalue weighted by molar-refractivity contribution is 6.14. The molecule has 2 aliphatic rings. The summed E-state index contributed by atoms with van der Waals surface area (Å²) in [5.41, 5.74) is 2.82. The van der Waals surface area contributed by atoms with Crippen LogP contribution in [0.3, 0.4) is 0 Å². The van der Waals surface area contributed by atoms with Crippen LogP contribution in [0.1, 0.15) is 18.4 Å². The summed E-state index contributed by atoms with van der Waals surface area (Å²) < 4.78 is 10.6. The number of carbonyl (C=O) groups excluding carboxylic acids is 2. The molecule has 1 fully saturated rings. The number of rotatable bonds is 5. The fraction of sp³-hybridized carbons (Fsp3) is 0.368. The Morgan fingerprint density at radius 3 is 2.88 bits per heavy atom. The summed E-state index contributed by atoms with van der Waals surface area (Å²) in [6, 6.07) is 5.53. The molecule has 0 N–H and O–H groups in total. The summed E-state index contributed by atoms with van der Waals surface area (Å²) in [6.07, 6.45) is 3.56. The third-order valence-electron chi connectivity index (χ3n) is 4.51. The van der Waals surface area contributed by atoms with Gasteiger partial charge in [0.15, 0.2) is 17.8 Å². The van der Waals surface area contributed by atoms with Crippen molar-refractivity contribution in [2.75, 3.05) is 26.3 Å². The van der Waals surface area contributed by atoms with Gasteiger partial charge < -0.3 is 14.1 Å². The Morgan fingerprint density at radius 1 is 1.19 bits per heavy atom. The molecule has 1 aromatic heterocycles. The number of para-hydroxylation sites is 1. The molecule has 0 bridgehead atoms. The zero-order valence-corrected chi connectivity index (χ0v) is 14.3. The molecule has 3 heterocycles. The number of aliphatic imine (C=N–C) groups is 1. The first kappa shape index (κ1) is 16.7. The van der Waals surface area contributed by atoms with Crippen LogP contribution in [0.2, 0.25) is 0 Å². The van der Waals surface area contributed by atoms with Crippen molar-refractivity contribution in [3.05, 3.63) is 42.1 Å². The number of carbonyl (C=O) groups is 2. The van der Waals surface area contributed by atoms with E-state index in [1.807, 2.05) is 23.1 Å². The number of hydrogen-bond donors (Lipinski definition) is 0. The number of oxazole rings is 1. The number of ketones is 2. The van der Waals surface area contributed by atoms with Crippen LogP contribution in [0, 0.1) is 0 Å². The van der Waals surface area contributed by atoms with Crippen LogP contribution in [-0.4, -0.2) is 53.5 Å². The van der Waals surface area contributed by atoms with Crippen LogP contribution in [0.25, 0.3) is 11.1 Å². The smallest absolute Gasteiger partial charge is 0.181 e. The number of nitrogens with zero attached hydrogens (tertiary/aromatic N) is 3. The molecule has 0 saturated carbocycles. The van der Waals surface area contributed by atoms with Gasteiger partial charge in [-0.3, -0.25) is 9.59 Å². The molecule has 0 unspecified atom stereocenters. The lowest BCUT2D eigenvalue weighted by Gasteiger charge is -2.30. The fourth-order valence-electron chi connectivity index (χ4n) is 3.28. The third kappa shape index (κ3) is 3.57. The molecule has 7 heteroatoms. The van der Waals surface area contributed by atoms with E-state index in [9.17, 15) is 9.59 Å². The summed E-state index contributed by atoms with van der Waals surface area (Å²) >= 11 is 0. The van der Waals surface area contributed by atoms with Crippen molar-refractivity contribution in [1.82, 2.24) is 9.88 Å². The quantitative estimate of drug-likeness (QED) is 0.816. The predicted octanol–water partition coefficient (Wildman–Crippen LogP) is 1.92. The van der Waals surface area contributed by atoms with Gasteiger partial charge in [-0.15, -0.1) is 0 Å². The van der Waals surface area contributed by atoms with Gasteiger partial charge in [0.2, 0.25) is 0 Å². The van der Waals surface area contributed by atoms with Crippen molar-refractivity contribution in [1.29, 1.82) is 0 Å². The average molecular weight is 353 g/mol. The predicted molar refractivity (Wildman–Crippen MR) is 94.9 cm³/mol. The number of Topliss-reactive ketones (excluding diaryl/α,β-unsaturated/α-hetero) is 1. The zero-order chi connectivity index (χ0) is 17.9. The maximum atomic E-state index is 12.5. The second-order valence-corrected chi connectivity index (χ2v) is 6.43. The fourth-order valence-corrected chi connectivity index (χ4v) is 3.28. The molecule has 0 radical (unpaired) electrons. The second-order valence-electron chi connectivity index (χ2n) is 6.43. The second kappa shape index (κ2) is 7.21. The first-order chi connectivity index (χ1) is 12.7. The highest BCUT2D eigenvalue weighted by Gasteiger charge is 2.22. The molecule has 1 aromatic carbocycles. The average Bonchev–Trinajstić information content (AvgIpc) is 3.12. The topological polar surface area (TPSA) is 85.0 Å². The number of benzene rings is 1. The van der Waals surface area contributed by atoms with Gasteiger partial charge in [-0.2, -0.15) is 0 Å². The van der Waals surface area contributed by atoms with E-state index < -0.39 is 0 Å². The van der Waals surface area contributed by atoms with E-state index in [-0.39, 0.29) is 30.8 Å². The molecule has 2 aromatic rings. The van der Waals surface area contributed by atoms with Crippen molar-refractivity contribution >= 4 is 28.4 Å². The van der Waals surface area contributed by atoms with Gasteiger partial charge in [0.1, 0.15) is 17.1 Å². The van der Waals surface area contributed by atoms with Crippen molar-refractivity contribution in [2.45, 2.75) is 19.3 Å². The molecule has 4 rings (SSSR count). The molecular formula is C19H19N3O4. The van der Waals surface area contributed by atoms with Gasteiger partial charge in [0.05, 0.1) is 13.2 Å². The van der Waals surface area contributed by atoms with Gasteiger partial charge >= 0.3 is 0 Å². The Kier molecular flexibility index (Phi) is 4.62. The number of hydrogen-bond acceptors (Lipinski definition) is 7. The Labute approximate surface area is 150 Å². The van der Waals surface area contributed by atoms with Gasteiger partial charge in [0, 0.05) is 44.1 Å². The maximum Gasteiger partial charge on any atom is 0.181 e. The molecule has 7 nitrogen and oxygen atoms in total. The van der Waals surface area contributed by atoms with E-state index in [0.717, 1.165) is 5.56 Å². The number of aromatic nitrogens is 1. The summed E-state index contributed by atoms with van der Waals surface area (Å²) in [4.78, 5) is 35.4. The van der Waals surface area contributed by atoms with Crippen LogP contribution in [0.5, 0.6) is 0 Å². The van der Waals surface area contributed by atoms with Crippen LogP contribution in [0.4, 0.5) is 0 Å². The molecule has 0 atom stereocenters. The highest BCUT2D eigenvalue weighted by atomic mass is 16.5. The van der Waals surface area contributed by atoms with Crippen molar-refractivity contribution in [2.24, 2.45) is 4.99 Å². The van der Waals surface area contributed by atoms with Gasteiger partial charge in [-0.25, -0.2) is 9.98 Å². The van der Waals surface area contributed by atoms with Crippen molar-refractivity contribution < 1.29 is 18.7 Å².